The number of ether oxygens (including phenoxy) is 1. The zero-order valence-corrected chi connectivity index (χ0v) is 16.4. The van der Waals surface area contributed by atoms with Gasteiger partial charge in [0.15, 0.2) is 5.96 Å². The molecule has 2 aromatic carbocycles. The first-order valence-electron chi connectivity index (χ1n) is 8.77. The van der Waals surface area contributed by atoms with Crippen LogP contribution >= 0.6 is 0 Å². The second kappa shape index (κ2) is 10.5. The third kappa shape index (κ3) is 6.92. The van der Waals surface area contributed by atoms with E-state index in [0.29, 0.717) is 25.7 Å². The largest absolute Gasteiger partial charge is 0.492 e. The van der Waals surface area contributed by atoms with Crippen LogP contribution in [-0.2, 0) is 16.6 Å². The first-order chi connectivity index (χ1) is 13.0. The zero-order valence-electron chi connectivity index (χ0n) is 15.6. The smallest absolute Gasteiger partial charge is 0.240 e. The number of rotatable bonds is 9. The molecule has 7 nitrogen and oxygen atoms in total. The van der Waals surface area contributed by atoms with Gasteiger partial charge in [0.05, 0.1) is 18.0 Å². The number of para-hydroxylation sites is 1. The van der Waals surface area contributed by atoms with Gasteiger partial charge in [0.2, 0.25) is 10.0 Å². The normalized spacial score (nSPS) is 11.9. The SMILES string of the molecule is CCNC(=NCc1cccc(S(=O)(=O)NC)c1)NCCOc1ccccc1. The maximum atomic E-state index is 11.9. The molecule has 0 aliphatic carbocycles. The molecule has 0 saturated heterocycles. The molecule has 0 aliphatic heterocycles. The van der Waals surface area contributed by atoms with Crippen LogP contribution in [0.25, 0.3) is 0 Å². The molecule has 0 spiro atoms. The van der Waals surface area contributed by atoms with Gasteiger partial charge in [-0.15, -0.1) is 0 Å². The standard InChI is InChI=1S/C19H26N4O3S/c1-3-21-19(22-12-13-26-17-9-5-4-6-10-17)23-15-16-8-7-11-18(14-16)27(24,25)20-2/h4-11,14,20H,3,12-13,15H2,1-2H3,(H2,21,22,23). The van der Waals surface area contributed by atoms with Crippen LogP contribution in [0.3, 0.4) is 0 Å². The van der Waals surface area contributed by atoms with Crippen LogP contribution in [0.15, 0.2) is 64.5 Å². The Hall–Kier alpha value is -2.58. The highest BCUT2D eigenvalue weighted by molar-refractivity contribution is 7.89. The molecule has 2 aromatic rings. The maximum absolute atomic E-state index is 11.9. The topological polar surface area (TPSA) is 91.8 Å². The summed E-state index contributed by atoms with van der Waals surface area (Å²) in [5.74, 6) is 1.47. The van der Waals surface area contributed by atoms with Gasteiger partial charge in [-0.05, 0) is 43.8 Å². The monoisotopic (exact) mass is 390 g/mol. The predicted molar refractivity (Wildman–Crippen MR) is 107 cm³/mol. The maximum Gasteiger partial charge on any atom is 0.240 e. The molecule has 0 aromatic heterocycles. The number of benzene rings is 2. The number of hydrogen-bond acceptors (Lipinski definition) is 4. The van der Waals surface area contributed by atoms with Gasteiger partial charge in [-0.3, -0.25) is 0 Å². The van der Waals surface area contributed by atoms with Gasteiger partial charge in [-0.2, -0.15) is 0 Å². The van der Waals surface area contributed by atoms with Gasteiger partial charge in [0.1, 0.15) is 12.4 Å². The Morgan fingerprint density at radius 3 is 2.56 bits per heavy atom. The highest BCUT2D eigenvalue weighted by Crippen LogP contribution is 2.12. The van der Waals surface area contributed by atoms with Crippen molar-refractivity contribution in [2.75, 3.05) is 26.7 Å². The Kier molecular flexibility index (Phi) is 8.09. The Labute approximate surface area is 160 Å². The van der Waals surface area contributed by atoms with Crippen molar-refractivity contribution in [2.24, 2.45) is 4.99 Å². The molecule has 27 heavy (non-hydrogen) atoms. The van der Waals surface area contributed by atoms with Crippen molar-refractivity contribution in [3.63, 3.8) is 0 Å². The van der Waals surface area contributed by atoms with Crippen LogP contribution in [0.2, 0.25) is 0 Å². The van der Waals surface area contributed by atoms with Crippen LogP contribution in [0.4, 0.5) is 0 Å². The third-order valence-corrected chi connectivity index (χ3v) is 5.06. The van der Waals surface area contributed by atoms with Crippen molar-refractivity contribution in [3.05, 3.63) is 60.2 Å². The molecule has 2 rings (SSSR count). The summed E-state index contributed by atoms with van der Waals surface area (Å²) in [6.07, 6.45) is 0. The van der Waals surface area contributed by atoms with Crippen molar-refractivity contribution in [2.45, 2.75) is 18.4 Å². The number of hydrogen-bond donors (Lipinski definition) is 3. The lowest BCUT2D eigenvalue weighted by molar-refractivity contribution is 0.322. The van der Waals surface area contributed by atoms with Crippen LogP contribution in [-0.4, -0.2) is 41.1 Å². The molecule has 3 N–H and O–H groups in total. The van der Waals surface area contributed by atoms with Gasteiger partial charge in [0, 0.05) is 6.54 Å². The fourth-order valence-electron chi connectivity index (χ4n) is 2.30. The molecule has 0 heterocycles. The minimum absolute atomic E-state index is 0.229. The van der Waals surface area contributed by atoms with E-state index in [9.17, 15) is 8.42 Å². The summed E-state index contributed by atoms with van der Waals surface area (Å²) in [5, 5.41) is 6.36. The summed E-state index contributed by atoms with van der Waals surface area (Å²) in [6, 6.07) is 16.4. The Morgan fingerprint density at radius 2 is 1.85 bits per heavy atom. The second-order valence-corrected chi connectivity index (χ2v) is 7.52. The summed E-state index contributed by atoms with van der Waals surface area (Å²) in [4.78, 5) is 4.73. The minimum atomic E-state index is -3.46. The highest BCUT2D eigenvalue weighted by atomic mass is 32.2. The van der Waals surface area contributed by atoms with E-state index in [1.165, 1.54) is 7.05 Å². The minimum Gasteiger partial charge on any atom is -0.492 e. The van der Waals surface area contributed by atoms with Crippen molar-refractivity contribution in [3.8, 4) is 5.75 Å². The van der Waals surface area contributed by atoms with Crippen LogP contribution in [0, 0.1) is 0 Å². The molecular weight excluding hydrogens is 364 g/mol. The fraction of sp³-hybridized carbons (Fsp3) is 0.316. The van der Waals surface area contributed by atoms with Gasteiger partial charge in [0.25, 0.3) is 0 Å². The molecule has 0 fully saturated rings. The summed E-state index contributed by atoms with van der Waals surface area (Å²) in [5.41, 5.74) is 0.809. The number of guanidine groups is 1. The number of sulfonamides is 1. The number of nitrogens with zero attached hydrogens (tertiary/aromatic N) is 1. The van der Waals surface area contributed by atoms with Crippen LogP contribution in [0.1, 0.15) is 12.5 Å². The summed E-state index contributed by atoms with van der Waals surface area (Å²) < 4.78 is 31.8. The first kappa shape index (κ1) is 20.7. The molecule has 0 bridgehead atoms. The molecular formula is C19H26N4O3S. The van der Waals surface area contributed by atoms with E-state index < -0.39 is 10.0 Å². The number of nitrogens with one attached hydrogen (secondary N) is 3. The zero-order chi connectivity index (χ0) is 19.5. The predicted octanol–water partition coefficient (Wildman–Crippen LogP) is 1.73. The van der Waals surface area contributed by atoms with Gasteiger partial charge < -0.3 is 15.4 Å². The molecule has 8 heteroatoms. The highest BCUT2D eigenvalue weighted by Gasteiger charge is 2.11. The van der Waals surface area contributed by atoms with Crippen molar-refractivity contribution in [1.29, 1.82) is 0 Å². The molecule has 0 amide bonds. The summed E-state index contributed by atoms with van der Waals surface area (Å²) >= 11 is 0. The fourth-order valence-corrected chi connectivity index (χ4v) is 3.10. The lowest BCUT2D eigenvalue weighted by atomic mass is 10.2. The number of aliphatic imine (C=N–C) groups is 1. The van der Waals surface area contributed by atoms with E-state index in [1.54, 1.807) is 18.2 Å². The first-order valence-corrected chi connectivity index (χ1v) is 10.3. The van der Waals surface area contributed by atoms with E-state index in [-0.39, 0.29) is 4.90 Å². The van der Waals surface area contributed by atoms with Crippen molar-refractivity contribution < 1.29 is 13.2 Å². The van der Waals surface area contributed by atoms with E-state index in [2.05, 4.69) is 20.3 Å². The quantitative estimate of drug-likeness (QED) is 0.345. The molecule has 0 atom stereocenters. The molecule has 0 aliphatic rings. The average molecular weight is 391 g/mol. The lowest BCUT2D eigenvalue weighted by Gasteiger charge is -2.12. The van der Waals surface area contributed by atoms with E-state index in [1.807, 2.05) is 43.3 Å². The van der Waals surface area contributed by atoms with Gasteiger partial charge in [-0.1, -0.05) is 30.3 Å². The Bertz CT molecular complexity index is 839. The average Bonchev–Trinajstić information content (AvgIpc) is 2.70. The summed E-state index contributed by atoms with van der Waals surface area (Å²) in [6.45, 7) is 4.17. The van der Waals surface area contributed by atoms with Gasteiger partial charge >= 0.3 is 0 Å². The summed E-state index contributed by atoms with van der Waals surface area (Å²) in [7, 11) is -2.07. The van der Waals surface area contributed by atoms with Crippen LogP contribution in [0.5, 0.6) is 5.75 Å². The van der Waals surface area contributed by atoms with Crippen LogP contribution < -0.4 is 20.1 Å². The van der Waals surface area contributed by atoms with E-state index in [4.69, 9.17) is 4.74 Å². The van der Waals surface area contributed by atoms with Crippen molar-refractivity contribution in [1.82, 2.24) is 15.4 Å². The second-order valence-electron chi connectivity index (χ2n) is 5.64. The van der Waals surface area contributed by atoms with E-state index in [0.717, 1.165) is 17.9 Å². The van der Waals surface area contributed by atoms with E-state index >= 15 is 0 Å². The molecule has 0 radical (unpaired) electrons. The third-order valence-electron chi connectivity index (χ3n) is 3.65. The van der Waals surface area contributed by atoms with Crippen molar-refractivity contribution >= 4 is 16.0 Å². The Morgan fingerprint density at radius 1 is 1.07 bits per heavy atom. The Balaban J connectivity index is 1.92. The molecule has 0 saturated carbocycles. The van der Waals surface area contributed by atoms with Gasteiger partial charge in [-0.25, -0.2) is 18.1 Å². The molecule has 0 unspecified atom stereocenters. The molecule has 146 valence electrons. The lowest BCUT2D eigenvalue weighted by Crippen LogP contribution is -2.39.